The maximum atomic E-state index is 12.5. The average Bonchev–Trinajstić information content (AvgIpc) is 2.78. The van der Waals surface area contributed by atoms with Crippen LogP contribution in [-0.2, 0) is 6.42 Å². The number of aryl methyl sites for hydroxylation is 2. The fourth-order valence-corrected chi connectivity index (χ4v) is 3.66. The molecule has 3 aromatic carbocycles. The molecule has 150 valence electrons. The first kappa shape index (κ1) is 19.6. The molecule has 4 nitrogen and oxygen atoms in total. The van der Waals surface area contributed by atoms with Gasteiger partial charge in [-0.25, -0.2) is 0 Å². The highest BCUT2D eigenvalue weighted by Crippen LogP contribution is 2.20. The van der Waals surface area contributed by atoms with Crippen LogP contribution in [0, 0.1) is 13.8 Å². The minimum absolute atomic E-state index is 0.0994. The van der Waals surface area contributed by atoms with Gasteiger partial charge in [0.15, 0.2) is 0 Å². The number of aromatic amines is 1. The van der Waals surface area contributed by atoms with E-state index in [0.29, 0.717) is 24.1 Å². The van der Waals surface area contributed by atoms with E-state index in [2.05, 4.69) is 16.4 Å². The average molecular weight is 396 g/mol. The first-order valence-corrected chi connectivity index (χ1v) is 10.1. The predicted molar refractivity (Wildman–Crippen MR) is 122 cm³/mol. The number of carbonyl (C=O) groups excluding carboxylic acids is 1. The molecule has 0 saturated heterocycles. The molecule has 4 aromatic rings. The van der Waals surface area contributed by atoms with Crippen LogP contribution in [0.25, 0.3) is 22.0 Å². The van der Waals surface area contributed by atoms with Gasteiger partial charge in [0.05, 0.1) is 5.52 Å². The molecule has 0 unspecified atom stereocenters. The number of hydrogen-bond acceptors (Lipinski definition) is 2. The number of nitrogens with one attached hydrogen (secondary N) is 2. The number of carbonyl (C=O) groups is 1. The first-order valence-electron chi connectivity index (χ1n) is 10.1. The lowest BCUT2D eigenvalue weighted by molar-refractivity contribution is 0.0954. The Balaban J connectivity index is 1.43. The molecule has 4 rings (SSSR count). The number of rotatable bonds is 5. The monoisotopic (exact) mass is 396 g/mol. The quantitative estimate of drug-likeness (QED) is 0.510. The molecule has 0 atom stereocenters. The molecule has 0 aliphatic carbocycles. The van der Waals surface area contributed by atoms with Crippen molar-refractivity contribution in [2.45, 2.75) is 20.3 Å². The van der Waals surface area contributed by atoms with E-state index in [1.807, 2.05) is 80.6 Å². The van der Waals surface area contributed by atoms with Crippen LogP contribution in [-0.4, -0.2) is 17.4 Å². The summed E-state index contributed by atoms with van der Waals surface area (Å²) in [5.41, 5.74) is 6.42. The summed E-state index contributed by atoms with van der Waals surface area (Å²) in [6.45, 7) is 4.42. The standard InChI is InChI=1S/C26H24N2O2/c1-17-8-9-18(2)24-23(17)16-22(26(30)28-24)14-15-27-25(29)21-12-10-20(11-13-21)19-6-4-3-5-7-19/h3-13,16H,14-15H2,1-2H3,(H,27,29)(H,28,30). The number of benzene rings is 3. The Kier molecular flexibility index (Phi) is 5.48. The van der Waals surface area contributed by atoms with Gasteiger partial charge in [-0.3, -0.25) is 9.59 Å². The smallest absolute Gasteiger partial charge is 0.251 e. The highest BCUT2D eigenvalue weighted by atomic mass is 16.1. The van der Waals surface area contributed by atoms with Crippen molar-refractivity contribution >= 4 is 16.8 Å². The van der Waals surface area contributed by atoms with E-state index < -0.39 is 0 Å². The van der Waals surface area contributed by atoms with Crippen LogP contribution >= 0.6 is 0 Å². The van der Waals surface area contributed by atoms with Crippen molar-refractivity contribution in [2.75, 3.05) is 6.54 Å². The zero-order valence-corrected chi connectivity index (χ0v) is 17.2. The Hall–Kier alpha value is -3.66. The fourth-order valence-electron chi connectivity index (χ4n) is 3.66. The van der Waals surface area contributed by atoms with Gasteiger partial charge in [-0.05, 0) is 60.7 Å². The van der Waals surface area contributed by atoms with Gasteiger partial charge in [-0.15, -0.1) is 0 Å². The minimum Gasteiger partial charge on any atom is -0.352 e. The first-order chi connectivity index (χ1) is 14.5. The van der Waals surface area contributed by atoms with Gasteiger partial charge in [-0.1, -0.05) is 54.6 Å². The topological polar surface area (TPSA) is 62.0 Å². The second-order valence-corrected chi connectivity index (χ2v) is 7.56. The lowest BCUT2D eigenvalue weighted by Crippen LogP contribution is -2.27. The van der Waals surface area contributed by atoms with Gasteiger partial charge in [0.2, 0.25) is 0 Å². The van der Waals surface area contributed by atoms with Gasteiger partial charge in [0.1, 0.15) is 0 Å². The normalized spacial score (nSPS) is 10.9. The van der Waals surface area contributed by atoms with Crippen LogP contribution in [0.1, 0.15) is 27.0 Å². The van der Waals surface area contributed by atoms with E-state index in [1.54, 1.807) is 0 Å². The second kappa shape index (κ2) is 8.37. The Morgan fingerprint density at radius 3 is 2.27 bits per heavy atom. The fraction of sp³-hybridized carbons (Fsp3) is 0.154. The van der Waals surface area contributed by atoms with Crippen molar-refractivity contribution in [3.8, 4) is 11.1 Å². The molecule has 0 fully saturated rings. The highest BCUT2D eigenvalue weighted by molar-refractivity contribution is 5.94. The van der Waals surface area contributed by atoms with Crippen LogP contribution in [0.15, 0.2) is 77.6 Å². The van der Waals surface area contributed by atoms with Crippen molar-refractivity contribution in [1.29, 1.82) is 0 Å². The van der Waals surface area contributed by atoms with E-state index in [9.17, 15) is 9.59 Å². The largest absolute Gasteiger partial charge is 0.352 e. The van der Waals surface area contributed by atoms with Gasteiger partial charge < -0.3 is 10.3 Å². The minimum atomic E-state index is -0.140. The van der Waals surface area contributed by atoms with Crippen molar-refractivity contribution in [3.05, 3.63) is 105 Å². The van der Waals surface area contributed by atoms with Crippen molar-refractivity contribution < 1.29 is 4.79 Å². The third-order valence-electron chi connectivity index (χ3n) is 5.45. The molecule has 0 spiro atoms. The van der Waals surface area contributed by atoms with E-state index >= 15 is 0 Å². The van der Waals surface area contributed by atoms with Crippen molar-refractivity contribution in [2.24, 2.45) is 0 Å². The van der Waals surface area contributed by atoms with Crippen LogP contribution in [0.4, 0.5) is 0 Å². The molecule has 1 heterocycles. The summed E-state index contributed by atoms with van der Waals surface area (Å²) in [6.07, 6.45) is 0.479. The Morgan fingerprint density at radius 2 is 1.53 bits per heavy atom. The van der Waals surface area contributed by atoms with Crippen LogP contribution in [0.3, 0.4) is 0 Å². The second-order valence-electron chi connectivity index (χ2n) is 7.56. The van der Waals surface area contributed by atoms with Crippen molar-refractivity contribution in [1.82, 2.24) is 10.3 Å². The molecular weight excluding hydrogens is 372 g/mol. The maximum Gasteiger partial charge on any atom is 0.251 e. The van der Waals surface area contributed by atoms with Gasteiger partial charge >= 0.3 is 0 Å². The SMILES string of the molecule is Cc1ccc(C)c2[nH]c(=O)c(CCNC(=O)c3ccc(-c4ccccc4)cc3)cc12. The number of H-pyrrole nitrogens is 1. The Bertz CT molecular complexity index is 1260. The zero-order valence-electron chi connectivity index (χ0n) is 17.2. The van der Waals surface area contributed by atoms with Gasteiger partial charge in [0.25, 0.3) is 11.5 Å². The summed E-state index contributed by atoms with van der Waals surface area (Å²) < 4.78 is 0. The number of amides is 1. The lowest BCUT2D eigenvalue weighted by Gasteiger charge is -2.09. The summed E-state index contributed by atoms with van der Waals surface area (Å²) in [4.78, 5) is 27.9. The number of pyridine rings is 1. The van der Waals surface area contributed by atoms with E-state index in [1.165, 1.54) is 0 Å². The summed E-state index contributed by atoms with van der Waals surface area (Å²) in [7, 11) is 0. The molecule has 0 saturated carbocycles. The van der Waals surface area contributed by atoms with Gasteiger partial charge in [0, 0.05) is 23.1 Å². The zero-order chi connectivity index (χ0) is 21.1. The molecule has 1 aromatic heterocycles. The van der Waals surface area contributed by atoms with Crippen molar-refractivity contribution in [3.63, 3.8) is 0 Å². The third-order valence-corrected chi connectivity index (χ3v) is 5.45. The van der Waals surface area contributed by atoms with Crippen LogP contribution in [0.2, 0.25) is 0 Å². The molecule has 2 N–H and O–H groups in total. The van der Waals surface area contributed by atoms with Crippen LogP contribution < -0.4 is 10.9 Å². The number of aromatic nitrogens is 1. The summed E-state index contributed by atoms with van der Waals surface area (Å²) >= 11 is 0. The Morgan fingerprint density at radius 1 is 0.867 bits per heavy atom. The summed E-state index contributed by atoms with van der Waals surface area (Å²) in [5.74, 6) is -0.140. The van der Waals surface area contributed by atoms with E-state index in [0.717, 1.165) is 33.2 Å². The molecule has 1 amide bonds. The summed E-state index contributed by atoms with van der Waals surface area (Å²) in [5, 5.41) is 3.96. The highest BCUT2D eigenvalue weighted by Gasteiger charge is 2.09. The van der Waals surface area contributed by atoms with Gasteiger partial charge in [-0.2, -0.15) is 0 Å². The molecule has 30 heavy (non-hydrogen) atoms. The molecule has 4 heteroatoms. The molecule has 0 aliphatic heterocycles. The molecule has 0 bridgehead atoms. The van der Waals surface area contributed by atoms with E-state index in [-0.39, 0.29) is 11.5 Å². The lowest BCUT2D eigenvalue weighted by atomic mass is 10.0. The summed E-state index contributed by atoms with van der Waals surface area (Å²) in [6, 6.07) is 23.6. The molecule has 0 aliphatic rings. The Labute approximate surface area is 175 Å². The molecule has 0 radical (unpaired) electrons. The molecular formula is C26H24N2O2. The van der Waals surface area contributed by atoms with E-state index in [4.69, 9.17) is 0 Å². The third kappa shape index (κ3) is 4.03. The number of hydrogen-bond donors (Lipinski definition) is 2. The maximum absolute atomic E-state index is 12.5. The number of fused-ring (bicyclic) bond motifs is 1. The predicted octanol–water partition coefficient (Wildman–Crippen LogP) is 4.78. The van der Waals surface area contributed by atoms with Crippen LogP contribution in [0.5, 0.6) is 0 Å².